The molecule has 1 fully saturated rings. The summed E-state index contributed by atoms with van der Waals surface area (Å²) in [6.07, 6.45) is 3.80. The minimum atomic E-state index is -0.468. The number of anilines is 2. The number of ether oxygens (including phenoxy) is 1. The lowest BCUT2D eigenvalue weighted by Gasteiger charge is -2.46. The van der Waals surface area contributed by atoms with Crippen molar-refractivity contribution < 1.29 is 14.3 Å². The Morgan fingerprint density at radius 2 is 2.07 bits per heavy atom. The topological polar surface area (TPSA) is 95.3 Å². The maximum atomic E-state index is 12.6. The molecule has 3 atom stereocenters. The number of nitrogens with zero attached hydrogens (tertiary/aromatic N) is 3. The molecule has 30 heavy (non-hydrogen) atoms. The van der Waals surface area contributed by atoms with Crippen molar-refractivity contribution in [3.8, 4) is 6.07 Å². The second-order valence-electron chi connectivity index (χ2n) is 7.97. The number of carbonyl (C=O) groups is 2. The number of hydrogen-bond acceptors (Lipinski definition) is 6. The van der Waals surface area contributed by atoms with E-state index in [1.165, 1.54) is 7.11 Å². The van der Waals surface area contributed by atoms with E-state index in [0.717, 1.165) is 24.1 Å². The third-order valence-electron chi connectivity index (χ3n) is 6.06. The van der Waals surface area contributed by atoms with Gasteiger partial charge in [-0.15, -0.1) is 0 Å². The summed E-state index contributed by atoms with van der Waals surface area (Å²) in [4.78, 5) is 31.1. The van der Waals surface area contributed by atoms with Crippen LogP contribution in [0.25, 0.3) is 0 Å². The number of fused-ring (bicyclic) bond motifs is 1. The van der Waals surface area contributed by atoms with E-state index < -0.39 is 5.97 Å². The molecule has 1 aromatic heterocycles. The largest absolute Gasteiger partial charge is 0.465 e. The van der Waals surface area contributed by atoms with Crippen molar-refractivity contribution in [1.82, 2.24) is 4.98 Å². The van der Waals surface area contributed by atoms with Crippen LogP contribution < -0.4 is 10.2 Å². The first-order chi connectivity index (χ1) is 14.5. The van der Waals surface area contributed by atoms with Crippen LogP contribution in [0.5, 0.6) is 0 Å². The minimum absolute atomic E-state index is 0.00348. The number of hydrogen-bond donors (Lipinski definition) is 1. The smallest absolute Gasteiger partial charge is 0.341 e. The van der Waals surface area contributed by atoms with E-state index in [4.69, 9.17) is 4.74 Å². The maximum Gasteiger partial charge on any atom is 0.341 e. The lowest BCUT2D eigenvalue weighted by molar-refractivity contribution is -0.117. The second-order valence-corrected chi connectivity index (χ2v) is 7.97. The maximum absolute atomic E-state index is 12.6. The van der Waals surface area contributed by atoms with Crippen LogP contribution in [0, 0.1) is 23.2 Å². The van der Waals surface area contributed by atoms with Crippen molar-refractivity contribution in [3.63, 3.8) is 0 Å². The Labute approximate surface area is 175 Å². The fourth-order valence-electron chi connectivity index (χ4n) is 4.58. The average molecular weight is 404 g/mol. The van der Waals surface area contributed by atoms with Gasteiger partial charge in [0.2, 0.25) is 5.91 Å². The molecule has 1 aliphatic heterocycles. The molecule has 0 radical (unpaired) electrons. The predicted molar refractivity (Wildman–Crippen MR) is 112 cm³/mol. The summed E-state index contributed by atoms with van der Waals surface area (Å²) in [5.74, 6) is 0.455. The number of aromatic nitrogens is 1. The number of carbonyl (C=O) groups excluding carboxylic acids is 2. The average Bonchev–Trinajstić information content (AvgIpc) is 3.59. The Kier molecular flexibility index (Phi) is 5.17. The SMILES string of the molecule is COC(=O)c1cccnc1NC1c2cc(C#N)ccc2N(C(C)=O)C(C2CC2)C1C. The molecule has 2 heterocycles. The Bertz CT molecular complexity index is 1040. The van der Waals surface area contributed by atoms with Gasteiger partial charge in [0.25, 0.3) is 0 Å². The van der Waals surface area contributed by atoms with Gasteiger partial charge in [0, 0.05) is 30.8 Å². The van der Waals surface area contributed by atoms with Gasteiger partial charge in [-0.1, -0.05) is 6.92 Å². The molecule has 2 aliphatic rings. The number of methoxy groups -OCH3 is 1. The second kappa shape index (κ2) is 7.79. The minimum Gasteiger partial charge on any atom is -0.465 e. The summed E-state index contributed by atoms with van der Waals surface area (Å²) in [6.45, 7) is 3.70. The first-order valence-corrected chi connectivity index (χ1v) is 10.1. The molecule has 0 saturated heterocycles. The van der Waals surface area contributed by atoms with E-state index in [1.807, 2.05) is 17.0 Å². The van der Waals surface area contributed by atoms with Crippen molar-refractivity contribution in [2.24, 2.45) is 11.8 Å². The van der Waals surface area contributed by atoms with E-state index >= 15 is 0 Å². The zero-order valence-electron chi connectivity index (χ0n) is 17.3. The summed E-state index contributed by atoms with van der Waals surface area (Å²) in [7, 11) is 1.34. The van der Waals surface area contributed by atoms with Gasteiger partial charge in [-0.3, -0.25) is 4.79 Å². The van der Waals surface area contributed by atoms with Gasteiger partial charge in [0.15, 0.2) is 0 Å². The number of nitriles is 1. The van der Waals surface area contributed by atoms with Gasteiger partial charge in [0.1, 0.15) is 11.4 Å². The quantitative estimate of drug-likeness (QED) is 0.781. The molecule has 0 bridgehead atoms. The van der Waals surface area contributed by atoms with Crippen LogP contribution in [0.3, 0.4) is 0 Å². The van der Waals surface area contributed by atoms with E-state index in [9.17, 15) is 14.9 Å². The van der Waals surface area contributed by atoms with Crippen molar-refractivity contribution >= 4 is 23.4 Å². The zero-order valence-corrected chi connectivity index (χ0v) is 17.3. The lowest BCUT2D eigenvalue weighted by atomic mass is 9.79. The van der Waals surface area contributed by atoms with E-state index in [-0.39, 0.29) is 23.9 Å². The first-order valence-electron chi connectivity index (χ1n) is 10.1. The van der Waals surface area contributed by atoms with Gasteiger partial charge in [-0.05, 0) is 54.7 Å². The molecule has 1 saturated carbocycles. The van der Waals surface area contributed by atoms with Crippen LogP contribution in [0.1, 0.15) is 54.2 Å². The fourth-order valence-corrected chi connectivity index (χ4v) is 4.58. The highest BCUT2D eigenvalue weighted by Crippen LogP contribution is 2.50. The van der Waals surface area contributed by atoms with Crippen LogP contribution in [-0.2, 0) is 9.53 Å². The molecule has 1 aromatic carbocycles. The van der Waals surface area contributed by atoms with E-state index in [1.54, 1.807) is 31.3 Å². The molecule has 7 nitrogen and oxygen atoms in total. The number of pyridine rings is 1. The Morgan fingerprint density at radius 3 is 2.70 bits per heavy atom. The zero-order chi connectivity index (χ0) is 21.4. The Balaban J connectivity index is 1.83. The normalized spacial score (nSPS) is 22.6. The summed E-state index contributed by atoms with van der Waals surface area (Å²) < 4.78 is 4.90. The summed E-state index contributed by atoms with van der Waals surface area (Å²) in [5, 5.41) is 12.9. The van der Waals surface area contributed by atoms with E-state index in [2.05, 4.69) is 23.3 Å². The number of benzene rings is 1. The summed E-state index contributed by atoms with van der Waals surface area (Å²) in [6, 6.07) is 10.8. The molecule has 4 rings (SSSR count). The number of esters is 1. The predicted octanol–water partition coefficient (Wildman–Crippen LogP) is 3.67. The number of amides is 1. The van der Waals surface area contributed by atoms with Gasteiger partial charge < -0.3 is 15.0 Å². The van der Waals surface area contributed by atoms with Gasteiger partial charge in [-0.2, -0.15) is 5.26 Å². The van der Waals surface area contributed by atoms with E-state index in [0.29, 0.717) is 22.9 Å². The van der Waals surface area contributed by atoms with Crippen LogP contribution in [-0.4, -0.2) is 30.0 Å². The molecular weight excluding hydrogens is 380 g/mol. The lowest BCUT2D eigenvalue weighted by Crippen LogP contribution is -2.51. The van der Waals surface area contributed by atoms with Crippen LogP contribution >= 0.6 is 0 Å². The van der Waals surface area contributed by atoms with Crippen molar-refractivity contribution in [1.29, 1.82) is 5.26 Å². The molecule has 7 heteroatoms. The van der Waals surface area contributed by atoms with Crippen LogP contribution in [0.15, 0.2) is 36.5 Å². The summed E-state index contributed by atoms with van der Waals surface area (Å²) in [5.41, 5.74) is 2.54. The molecule has 2 aromatic rings. The highest BCUT2D eigenvalue weighted by molar-refractivity contribution is 5.96. The van der Waals surface area contributed by atoms with Crippen LogP contribution in [0.2, 0.25) is 0 Å². The molecule has 1 N–H and O–H groups in total. The van der Waals surface area contributed by atoms with Crippen LogP contribution in [0.4, 0.5) is 11.5 Å². The van der Waals surface area contributed by atoms with Gasteiger partial charge in [-0.25, -0.2) is 9.78 Å². The van der Waals surface area contributed by atoms with Crippen molar-refractivity contribution in [2.75, 3.05) is 17.3 Å². The number of nitrogens with one attached hydrogen (secondary N) is 1. The molecule has 1 amide bonds. The molecule has 0 spiro atoms. The molecule has 154 valence electrons. The Morgan fingerprint density at radius 1 is 1.30 bits per heavy atom. The molecule has 1 aliphatic carbocycles. The van der Waals surface area contributed by atoms with Gasteiger partial charge >= 0.3 is 5.97 Å². The van der Waals surface area contributed by atoms with Gasteiger partial charge in [0.05, 0.1) is 24.8 Å². The third-order valence-corrected chi connectivity index (χ3v) is 6.06. The van der Waals surface area contributed by atoms with Crippen molar-refractivity contribution in [2.45, 2.75) is 38.8 Å². The fraction of sp³-hybridized carbons (Fsp3) is 0.391. The summed E-state index contributed by atoms with van der Waals surface area (Å²) >= 11 is 0. The Hall–Kier alpha value is -3.40. The highest BCUT2D eigenvalue weighted by atomic mass is 16.5. The highest BCUT2D eigenvalue weighted by Gasteiger charge is 2.47. The monoisotopic (exact) mass is 404 g/mol. The first kappa shape index (κ1) is 19.9. The molecular formula is C23H24N4O3. The molecule has 3 unspecified atom stereocenters. The third kappa shape index (κ3) is 3.39. The number of rotatable bonds is 4. The van der Waals surface area contributed by atoms with Crippen molar-refractivity contribution in [3.05, 3.63) is 53.2 Å². The standard InChI is InChI=1S/C23H24N4O3/c1-13-20(26-22-17(23(29)30-3)5-4-10-25-22)18-11-15(12-24)6-9-19(18)27(14(2)28)21(13)16-7-8-16/h4-6,9-11,13,16,20-21H,7-8H2,1-3H3,(H,25,26).